The molecule has 10 nitrogen and oxygen atoms in total. The van der Waals surface area contributed by atoms with Crippen molar-refractivity contribution in [3.63, 3.8) is 0 Å². The Balaban J connectivity index is 1.63. The fourth-order valence-corrected chi connectivity index (χ4v) is 3.17. The molecule has 2 aromatic heterocycles. The summed E-state index contributed by atoms with van der Waals surface area (Å²) in [5.41, 5.74) is 1.29. The first-order valence-electron chi connectivity index (χ1n) is 7.67. The first kappa shape index (κ1) is 16.7. The SMILES string of the molecule is O=C(Cn1cnc2ccc([N+](=O)[O-])cc2c1=O)Nc1cccc2nsnc12. The zero-order valence-electron chi connectivity index (χ0n) is 13.5. The largest absolute Gasteiger partial charge is 0.323 e. The minimum atomic E-state index is -0.592. The zero-order chi connectivity index (χ0) is 19.0. The lowest BCUT2D eigenvalue weighted by Crippen LogP contribution is -2.28. The summed E-state index contributed by atoms with van der Waals surface area (Å²) in [6.07, 6.45) is 1.24. The molecule has 0 aliphatic carbocycles. The summed E-state index contributed by atoms with van der Waals surface area (Å²) >= 11 is 1.03. The fourth-order valence-electron chi connectivity index (χ4n) is 2.62. The Morgan fingerprint density at radius 2 is 2.07 bits per heavy atom. The van der Waals surface area contributed by atoms with Crippen molar-refractivity contribution < 1.29 is 9.72 Å². The van der Waals surface area contributed by atoms with Crippen molar-refractivity contribution in [3.05, 3.63) is 63.2 Å². The maximum atomic E-state index is 12.6. The molecule has 0 bridgehead atoms. The summed E-state index contributed by atoms with van der Waals surface area (Å²) in [5, 5.41) is 13.7. The molecule has 0 atom stereocenters. The van der Waals surface area contributed by atoms with Gasteiger partial charge in [0.1, 0.15) is 17.6 Å². The summed E-state index contributed by atoms with van der Waals surface area (Å²) < 4.78 is 9.33. The van der Waals surface area contributed by atoms with E-state index in [9.17, 15) is 19.7 Å². The monoisotopic (exact) mass is 382 g/mol. The van der Waals surface area contributed by atoms with Gasteiger partial charge in [-0.2, -0.15) is 8.75 Å². The van der Waals surface area contributed by atoms with Gasteiger partial charge in [-0.3, -0.25) is 24.3 Å². The van der Waals surface area contributed by atoms with E-state index in [0.717, 1.165) is 22.4 Å². The number of non-ortho nitro benzene ring substituents is 1. The number of nitro groups is 1. The van der Waals surface area contributed by atoms with Gasteiger partial charge in [0.15, 0.2) is 0 Å². The van der Waals surface area contributed by atoms with Gasteiger partial charge in [0.2, 0.25) is 5.91 Å². The van der Waals surface area contributed by atoms with Crippen LogP contribution in [0.5, 0.6) is 0 Å². The van der Waals surface area contributed by atoms with Crippen molar-refractivity contribution in [3.8, 4) is 0 Å². The highest BCUT2D eigenvalue weighted by molar-refractivity contribution is 7.00. The molecule has 0 spiro atoms. The maximum absolute atomic E-state index is 12.6. The topological polar surface area (TPSA) is 133 Å². The Morgan fingerprint density at radius 3 is 2.89 bits per heavy atom. The van der Waals surface area contributed by atoms with Crippen molar-refractivity contribution in [2.75, 3.05) is 5.32 Å². The van der Waals surface area contributed by atoms with Crippen molar-refractivity contribution in [2.24, 2.45) is 0 Å². The quantitative estimate of drug-likeness (QED) is 0.421. The Bertz CT molecular complexity index is 1260. The Kier molecular flexibility index (Phi) is 4.05. The minimum absolute atomic E-state index is 0.0744. The standard InChI is InChI=1S/C16H10N6O4S/c23-14(18-12-2-1-3-13-15(12)20-27-19-13)7-21-8-17-11-5-4-9(22(25)26)6-10(11)16(21)24/h1-6,8H,7H2,(H,18,23). The van der Waals surface area contributed by atoms with Gasteiger partial charge in [-0.1, -0.05) is 6.07 Å². The highest BCUT2D eigenvalue weighted by Crippen LogP contribution is 2.21. The number of benzene rings is 2. The molecule has 1 N–H and O–H groups in total. The van der Waals surface area contributed by atoms with E-state index in [0.29, 0.717) is 22.2 Å². The number of hydrogen-bond donors (Lipinski definition) is 1. The number of nitro benzene ring substituents is 1. The number of rotatable bonds is 4. The molecule has 1 amide bonds. The molecule has 0 radical (unpaired) electrons. The molecule has 27 heavy (non-hydrogen) atoms. The number of fused-ring (bicyclic) bond motifs is 2. The van der Waals surface area contributed by atoms with Gasteiger partial charge in [0, 0.05) is 12.1 Å². The normalized spacial score (nSPS) is 11.0. The Labute approximate surface area is 154 Å². The second kappa shape index (κ2) is 6.53. The van der Waals surface area contributed by atoms with Crippen molar-refractivity contribution >= 4 is 50.9 Å². The molecule has 2 aromatic carbocycles. The number of nitrogens with zero attached hydrogens (tertiary/aromatic N) is 5. The summed E-state index contributed by atoms with van der Waals surface area (Å²) in [7, 11) is 0. The van der Waals surface area contributed by atoms with Crippen LogP contribution in [0.1, 0.15) is 0 Å². The van der Waals surface area contributed by atoms with E-state index >= 15 is 0 Å². The van der Waals surface area contributed by atoms with Crippen LogP contribution in [-0.2, 0) is 11.3 Å². The van der Waals surface area contributed by atoms with Crippen LogP contribution in [0.15, 0.2) is 47.5 Å². The zero-order valence-corrected chi connectivity index (χ0v) is 14.3. The van der Waals surface area contributed by atoms with E-state index in [4.69, 9.17) is 0 Å². The molecule has 0 saturated carbocycles. The van der Waals surface area contributed by atoms with Crippen LogP contribution >= 0.6 is 11.7 Å². The number of carbonyl (C=O) groups is 1. The van der Waals surface area contributed by atoms with E-state index in [1.165, 1.54) is 18.5 Å². The van der Waals surface area contributed by atoms with Crippen molar-refractivity contribution in [2.45, 2.75) is 6.54 Å². The fraction of sp³-hybridized carbons (Fsp3) is 0.0625. The number of hydrogen-bond acceptors (Lipinski definition) is 8. The van der Waals surface area contributed by atoms with Gasteiger partial charge in [-0.25, -0.2) is 4.98 Å². The number of aromatic nitrogens is 4. The average molecular weight is 382 g/mol. The Morgan fingerprint density at radius 1 is 1.22 bits per heavy atom. The van der Waals surface area contributed by atoms with Gasteiger partial charge >= 0.3 is 0 Å². The molecule has 0 aliphatic heterocycles. The van der Waals surface area contributed by atoms with E-state index < -0.39 is 16.4 Å². The predicted molar refractivity (Wildman–Crippen MR) is 98.7 cm³/mol. The van der Waals surface area contributed by atoms with Gasteiger partial charge in [0.25, 0.3) is 11.2 Å². The van der Waals surface area contributed by atoms with E-state index in [1.54, 1.807) is 18.2 Å². The van der Waals surface area contributed by atoms with Crippen molar-refractivity contribution in [1.29, 1.82) is 0 Å². The smallest absolute Gasteiger partial charge is 0.270 e. The number of carbonyl (C=O) groups excluding carboxylic acids is 1. The third-order valence-electron chi connectivity index (χ3n) is 3.89. The molecule has 0 fully saturated rings. The second-order valence-corrected chi connectivity index (χ2v) is 6.15. The molecule has 11 heteroatoms. The molecule has 4 rings (SSSR count). The van der Waals surface area contributed by atoms with Crippen LogP contribution in [0.3, 0.4) is 0 Å². The lowest BCUT2D eigenvalue weighted by molar-refractivity contribution is -0.384. The highest BCUT2D eigenvalue weighted by atomic mass is 32.1. The molecule has 134 valence electrons. The molecule has 4 aromatic rings. The summed E-state index contributed by atoms with van der Waals surface area (Å²) in [6.45, 7) is -0.293. The van der Waals surface area contributed by atoms with E-state index in [1.807, 2.05) is 0 Å². The Hall–Kier alpha value is -3.73. The van der Waals surface area contributed by atoms with Crippen LogP contribution in [0.25, 0.3) is 21.9 Å². The molecular weight excluding hydrogens is 372 g/mol. The molecule has 2 heterocycles. The van der Waals surface area contributed by atoms with Crippen molar-refractivity contribution in [1.82, 2.24) is 18.3 Å². The third-order valence-corrected chi connectivity index (χ3v) is 4.44. The summed E-state index contributed by atoms with van der Waals surface area (Å²) in [4.78, 5) is 39.3. The van der Waals surface area contributed by atoms with Gasteiger partial charge < -0.3 is 5.32 Å². The number of amides is 1. The lowest BCUT2D eigenvalue weighted by atomic mass is 10.2. The highest BCUT2D eigenvalue weighted by Gasteiger charge is 2.14. The van der Waals surface area contributed by atoms with Crippen LogP contribution in [0.4, 0.5) is 11.4 Å². The summed E-state index contributed by atoms with van der Waals surface area (Å²) in [6, 6.07) is 9.03. The maximum Gasteiger partial charge on any atom is 0.270 e. The van der Waals surface area contributed by atoms with Gasteiger partial charge in [-0.15, -0.1) is 0 Å². The first-order chi connectivity index (χ1) is 13.0. The number of anilines is 1. The summed E-state index contributed by atoms with van der Waals surface area (Å²) in [5.74, 6) is -0.454. The second-order valence-electron chi connectivity index (χ2n) is 5.62. The van der Waals surface area contributed by atoms with Crippen LogP contribution < -0.4 is 10.9 Å². The number of nitrogens with one attached hydrogen (secondary N) is 1. The lowest BCUT2D eigenvalue weighted by Gasteiger charge is -2.08. The van der Waals surface area contributed by atoms with Gasteiger partial charge in [0.05, 0.1) is 39.6 Å². The molecule has 0 aliphatic rings. The van der Waals surface area contributed by atoms with E-state index in [-0.39, 0.29) is 17.6 Å². The van der Waals surface area contributed by atoms with E-state index in [2.05, 4.69) is 19.0 Å². The van der Waals surface area contributed by atoms with Crippen LogP contribution in [-0.4, -0.2) is 29.1 Å². The molecular formula is C16H10N6O4S. The van der Waals surface area contributed by atoms with Crippen LogP contribution in [0, 0.1) is 10.1 Å². The third kappa shape index (κ3) is 3.11. The first-order valence-corrected chi connectivity index (χ1v) is 8.41. The minimum Gasteiger partial charge on any atom is -0.323 e. The average Bonchev–Trinajstić information content (AvgIpc) is 3.13. The van der Waals surface area contributed by atoms with Gasteiger partial charge in [-0.05, 0) is 18.2 Å². The molecule has 0 unspecified atom stereocenters. The molecule has 0 saturated heterocycles. The van der Waals surface area contributed by atoms with Crippen LogP contribution in [0.2, 0.25) is 0 Å². The predicted octanol–water partition coefficient (Wildman–Crippen LogP) is 1.95.